The number of ether oxygens (including phenoxy) is 3. The molecule has 0 radical (unpaired) electrons. The molecule has 5 aromatic rings. The zero-order valence-electron chi connectivity index (χ0n) is 27.0. The number of benzene rings is 2. The zero-order valence-corrected chi connectivity index (χ0v) is 28.5. The first-order valence-electron chi connectivity index (χ1n) is 15.4. The van der Waals surface area contributed by atoms with Gasteiger partial charge in [0.2, 0.25) is 0 Å². The van der Waals surface area contributed by atoms with E-state index in [1.807, 2.05) is 23.1 Å². The van der Waals surface area contributed by atoms with Crippen LogP contribution in [0.3, 0.4) is 0 Å². The van der Waals surface area contributed by atoms with Crippen molar-refractivity contribution < 1.29 is 27.4 Å². The predicted molar refractivity (Wildman–Crippen MR) is 179 cm³/mol. The van der Waals surface area contributed by atoms with Crippen LogP contribution in [-0.4, -0.2) is 70.0 Å². The second-order valence-corrected chi connectivity index (χ2v) is 12.5. The molecule has 0 saturated carbocycles. The van der Waals surface area contributed by atoms with Crippen LogP contribution in [0.1, 0.15) is 34.9 Å². The Kier molecular flexibility index (Phi) is 10.3. The number of aromatic nitrogens is 5. The molecule has 1 N–H and O–H groups in total. The van der Waals surface area contributed by atoms with Crippen molar-refractivity contribution in [2.45, 2.75) is 38.1 Å². The first-order chi connectivity index (χ1) is 23.6. The first kappa shape index (κ1) is 34.5. The van der Waals surface area contributed by atoms with Crippen molar-refractivity contribution in [2.24, 2.45) is 10.9 Å². The van der Waals surface area contributed by atoms with Crippen molar-refractivity contribution in [3.05, 3.63) is 99.2 Å². The third-order valence-corrected chi connectivity index (χ3v) is 9.38. The molecule has 0 aliphatic carbocycles. The maximum atomic E-state index is 14.7. The van der Waals surface area contributed by atoms with Gasteiger partial charge in [-0.3, -0.25) is 14.9 Å². The standard InChI is InChI=1S/C34H34Cl2F3N7O3/c1-47-22-7-4-20(5-8-22)16-45-11-10-24(26(18-45)34(37,38)39)31-43-30-32(41-13-21-6-9-23(48-2)12-29(21)49-3)42-19-46(33(30)44-31)17-25-27(35)14-40-15-28(25)36/h4-9,12,14-15,19,24,26H,10-11,13,16-18H2,1-3H3,(H,43,44). The van der Waals surface area contributed by atoms with E-state index in [-0.39, 0.29) is 37.4 Å². The fourth-order valence-corrected chi connectivity index (χ4v) is 6.60. The molecule has 2 unspecified atom stereocenters. The second-order valence-electron chi connectivity index (χ2n) is 11.7. The fourth-order valence-electron chi connectivity index (χ4n) is 6.11. The number of nitrogens with zero attached hydrogens (tertiary/aromatic N) is 6. The summed E-state index contributed by atoms with van der Waals surface area (Å²) in [6.07, 6.45) is 0.258. The monoisotopic (exact) mass is 715 g/mol. The van der Waals surface area contributed by atoms with Crippen molar-refractivity contribution in [1.29, 1.82) is 0 Å². The summed E-state index contributed by atoms with van der Waals surface area (Å²) in [7, 11) is 4.69. The maximum absolute atomic E-state index is 14.7. The van der Waals surface area contributed by atoms with E-state index >= 15 is 0 Å². The molecule has 2 aromatic carbocycles. The molecule has 2 atom stereocenters. The molecule has 10 nitrogen and oxygen atoms in total. The Hall–Kier alpha value is -4.33. The number of imidazole rings is 1. The number of pyridine rings is 1. The quantitative estimate of drug-likeness (QED) is 0.170. The third kappa shape index (κ3) is 7.63. The lowest BCUT2D eigenvalue weighted by molar-refractivity contribution is -0.193. The molecule has 1 aliphatic heterocycles. The Morgan fingerprint density at radius 3 is 2.35 bits per heavy atom. The summed E-state index contributed by atoms with van der Waals surface area (Å²) in [6.45, 7) is 1.01. The van der Waals surface area contributed by atoms with Crippen LogP contribution in [0.4, 0.5) is 13.2 Å². The van der Waals surface area contributed by atoms with E-state index in [0.717, 1.165) is 11.1 Å². The van der Waals surface area contributed by atoms with E-state index in [9.17, 15) is 13.2 Å². The highest BCUT2D eigenvalue weighted by Crippen LogP contribution is 2.42. The molecule has 15 heteroatoms. The van der Waals surface area contributed by atoms with Gasteiger partial charge in [-0.25, -0.2) is 9.97 Å². The minimum Gasteiger partial charge on any atom is -0.497 e. The summed E-state index contributed by atoms with van der Waals surface area (Å²) >= 11 is 12.9. The average Bonchev–Trinajstić information content (AvgIpc) is 3.55. The maximum Gasteiger partial charge on any atom is 0.393 e. The van der Waals surface area contributed by atoms with Gasteiger partial charge in [0.25, 0.3) is 0 Å². The van der Waals surface area contributed by atoms with E-state index in [4.69, 9.17) is 47.4 Å². The van der Waals surface area contributed by atoms with Gasteiger partial charge in [0, 0.05) is 48.6 Å². The molecule has 6 rings (SSSR count). The lowest BCUT2D eigenvalue weighted by atomic mass is 9.84. The highest BCUT2D eigenvalue weighted by atomic mass is 35.5. The van der Waals surface area contributed by atoms with Crippen LogP contribution >= 0.6 is 23.2 Å². The van der Waals surface area contributed by atoms with Crippen LogP contribution in [0.15, 0.2) is 66.2 Å². The summed E-state index contributed by atoms with van der Waals surface area (Å²) in [5, 5.41) is 0.677. The van der Waals surface area contributed by atoms with E-state index in [1.165, 1.54) is 18.7 Å². The SMILES string of the molecule is COc1ccc(CN2CCC(c3nc4c([nH]3)c(=NCc3ccc(OC)cc3OC)ncn4Cc3c(Cl)cncc3Cl)C(C(F)(F)F)C2)cc1. The van der Waals surface area contributed by atoms with Crippen molar-refractivity contribution in [3.8, 4) is 17.2 Å². The molecule has 0 spiro atoms. The number of methoxy groups -OCH3 is 3. The summed E-state index contributed by atoms with van der Waals surface area (Å²) in [6, 6.07) is 12.7. The van der Waals surface area contributed by atoms with Gasteiger partial charge in [0.15, 0.2) is 11.1 Å². The average molecular weight is 717 g/mol. The third-order valence-electron chi connectivity index (χ3n) is 8.73. The Balaban J connectivity index is 1.38. The van der Waals surface area contributed by atoms with Crippen molar-refractivity contribution in [3.63, 3.8) is 0 Å². The van der Waals surface area contributed by atoms with E-state index in [1.54, 1.807) is 50.2 Å². The number of hydrogen-bond acceptors (Lipinski definition) is 8. The molecule has 1 aliphatic rings. The number of piperidine rings is 1. The van der Waals surface area contributed by atoms with Gasteiger partial charge in [-0.2, -0.15) is 13.2 Å². The smallest absolute Gasteiger partial charge is 0.393 e. The largest absolute Gasteiger partial charge is 0.497 e. The minimum atomic E-state index is -4.47. The number of halogens is 5. The van der Waals surface area contributed by atoms with Crippen LogP contribution in [0.2, 0.25) is 10.0 Å². The summed E-state index contributed by atoms with van der Waals surface area (Å²) in [4.78, 5) is 23.2. The zero-order chi connectivity index (χ0) is 34.7. The fraction of sp³-hybridized carbons (Fsp3) is 0.353. The van der Waals surface area contributed by atoms with Gasteiger partial charge in [-0.1, -0.05) is 35.3 Å². The molecule has 0 bridgehead atoms. The molecule has 3 aromatic heterocycles. The van der Waals surface area contributed by atoms with Crippen molar-refractivity contribution in [1.82, 2.24) is 29.4 Å². The van der Waals surface area contributed by atoms with Crippen LogP contribution in [0.25, 0.3) is 11.2 Å². The van der Waals surface area contributed by atoms with E-state index in [2.05, 4.69) is 15.0 Å². The Bertz CT molecular complexity index is 1980. The number of hydrogen-bond donors (Lipinski definition) is 1. The highest BCUT2D eigenvalue weighted by Gasteiger charge is 2.49. The van der Waals surface area contributed by atoms with Crippen LogP contribution < -0.4 is 19.7 Å². The molecule has 1 fully saturated rings. The van der Waals surface area contributed by atoms with Gasteiger partial charge < -0.3 is 23.8 Å². The number of H-pyrrole nitrogens is 1. The lowest BCUT2D eigenvalue weighted by Crippen LogP contribution is -2.45. The number of aromatic amines is 1. The molecule has 1 saturated heterocycles. The molecule has 4 heterocycles. The number of fused-ring (bicyclic) bond motifs is 1. The molecular formula is C34H34Cl2F3N7O3. The molecule has 49 heavy (non-hydrogen) atoms. The summed E-state index contributed by atoms with van der Waals surface area (Å²) < 4.78 is 61.9. The Morgan fingerprint density at radius 1 is 0.959 bits per heavy atom. The van der Waals surface area contributed by atoms with E-state index < -0.39 is 18.0 Å². The second kappa shape index (κ2) is 14.7. The van der Waals surface area contributed by atoms with Crippen LogP contribution in [0, 0.1) is 5.92 Å². The van der Waals surface area contributed by atoms with Gasteiger partial charge >= 0.3 is 6.18 Å². The summed E-state index contributed by atoms with van der Waals surface area (Å²) in [5.74, 6) is -0.469. The van der Waals surface area contributed by atoms with Gasteiger partial charge in [0.1, 0.15) is 28.6 Å². The first-order valence-corrected chi connectivity index (χ1v) is 16.2. The number of alkyl halides is 3. The predicted octanol–water partition coefficient (Wildman–Crippen LogP) is 6.80. The number of rotatable bonds is 10. The van der Waals surface area contributed by atoms with Crippen LogP contribution in [0.5, 0.6) is 17.2 Å². The Morgan fingerprint density at radius 2 is 1.67 bits per heavy atom. The van der Waals surface area contributed by atoms with Gasteiger partial charge in [-0.05, 0) is 42.8 Å². The summed E-state index contributed by atoms with van der Waals surface area (Å²) in [5.41, 5.74) is 3.30. The normalized spacial score (nSPS) is 17.4. The van der Waals surface area contributed by atoms with Crippen LogP contribution in [-0.2, 0) is 19.6 Å². The van der Waals surface area contributed by atoms with E-state index in [0.29, 0.717) is 57.1 Å². The highest BCUT2D eigenvalue weighted by molar-refractivity contribution is 6.35. The van der Waals surface area contributed by atoms with Crippen molar-refractivity contribution >= 4 is 34.4 Å². The van der Waals surface area contributed by atoms with Crippen molar-refractivity contribution in [2.75, 3.05) is 34.4 Å². The lowest BCUT2D eigenvalue weighted by Gasteiger charge is -2.38. The Labute approximate surface area is 290 Å². The van der Waals surface area contributed by atoms with Gasteiger partial charge in [-0.15, -0.1) is 0 Å². The van der Waals surface area contributed by atoms with Gasteiger partial charge in [0.05, 0.1) is 56.7 Å². The minimum absolute atomic E-state index is 0.156. The number of likely N-dealkylation sites (tertiary alicyclic amines) is 1. The topological polar surface area (TPSA) is 103 Å². The molecule has 0 amide bonds. The molecule has 258 valence electrons. The molecular weight excluding hydrogens is 682 g/mol. The number of nitrogens with one attached hydrogen (secondary N) is 1.